The minimum atomic E-state index is -3.51. The summed E-state index contributed by atoms with van der Waals surface area (Å²) in [5.41, 5.74) is 1.40. The summed E-state index contributed by atoms with van der Waals surface area (Å²) in [7, 11) is -3.51. The second-order valence-corrected chi connectivity index (χ2v) is 6.67. The molecule has 0 amide bonds. The highest BCUT2D eigenvalue weighted by Crippen LogP contribution is 2.29. The van der Waals surface area contributed by atoms with Gasteiger partial charge in [0.25, 0.3) is 0 Å². The minimum Gasteiger partial charge on any atom is -0.392 e. The van der Waals surface area contributed by atoms with Crippen molar-refractivity contribution in [3.63, 3.8) is 0 Å². The molecule has 0 unspecified atom stereocenters. The fourth-order valence-electron chi connectivity index (χ4n) is 1.79. The van der Waals surface area contributed by atoms with Crippen LogP contribution >= 0.6 is 15.9 Å². The van der Waals surface area contributed by atoms with Crippen LogP contribution in [0.3, 0.4) is 0 Å². The third-order valence-corrected chi connectivity index (χ3v) is 6.18. The molecule has 0 atom stereocenters. The first kappa shape index (κ1) is 15.6. The van der Waals surface area contributed by atoms with Gasteiger partial charge in [0.1, 0.15) is 0 Å². The van der Waals surface area contributed by atoms with Gasteiger partial charge in [0.15, 0.2) is 0 Å². The number of nitrogens with zero attached hydrogens (tertiary/aromatic N) is 1. The molecule has 102 valence electrons. The molecule has 0 saturated heterocycles. The second-order valence-electron chi connectivity index (χ2n) is 3.97. The largest absolute Gasteiger partial charge is 0.392 e. The fraction of sp³-hybridized carbons (Fsp3) is 0.500. The van der Waals surface area contributed by atoms with Crippen molar-refractivity contribution < 1.29 is 13.5 Å². The Kier molecular flexibility index (Phi) is 5.33. The zero-order valence-corrected chi connectivity index (χ0v) is 13.2. The molecule has 18 heavy (non-hydrogen) atoms. The number of hydrogen-bond donors (Lipinski definition) is 1. The van der Waals surface area contributed by atoms with Gasteiger partial charge >= 0.3 is 0 Å². The van der Waals surface area contributed by atoms with Crippen molar-refractivity contribution in [2.45, 2.75) is 32.3 Å². The molecular weight excluding hydrogens is 318 g/mol. The topological polar surface area (TPSA) is 57.6 Å². The van der Waals surface area contributed by atoms with Crippen LogP contribution in [0.5, 0.6) is 0 Å². The van der Waals surface area contributed by atoms with E-state index in [2.05, 4.69) is 15.9 Å². The summed E-state index contributed by atoms with van der Waals surface area (Å²) in [5.74, 6) is 0. The molecule has 6 heteroatoms. The molecule has 0 spiro atoms. The average molecular weight is 336 g/mol. The van der Waals surface area contributed by atoms with Gasteiger partial charge in [0, 0.05) is 17.6 Å². The highest BCUT2D eigenvalue weighted by molar-refractivity contribution is 9.10. The molecule has 1 aromatic rings. The average Bonchev–Trinajstić information content (AvgIpc) is 2.33. The second kappa shape index (κ2) is 6.14. The monoisotopic (exact) mass is 335 g/mol. The minimum absolute atomic E-state index is 0.172. The van der Waals surface area contributed by atoms with E-state index in [1.807, 2.05) is 6.92 Å². The predicted molar refractivity (Wildman–Crippen MR) is 74.9 cm³/mol. The smallest absolute Gasteiger partial charge is 0.244 e. The van der Waals surface area contributed by atoms with Crippen molar-refractivity contribution in [2.24, 2.45) is 0 Å². The first-order chi connectivity index (χ1) is 8.38. The van der Waals surface area contributed by atoms with Crippen LogP contribution in [0.4, 0.5) is 0 Å². The Morgan fingerprint density at radius 1 is 1.28 bits per heavy atom. The molecular formula is C12H18BrNO3S. The van der Waals surface area contributed by atoms with Gasteiger partial charge in [0.2, 0.25) is 10.0 Å². The summed E-state index contributed by atoms with van der Waals surface area (Å²) >= 11 is 3.32. The molecule has 0 aliphatic rings. The van der Waals surface area contributed by atoms with E-state index in [9.17, 15) is 13.5 Å². The molecule has 0 aromatic heterocycles. The third kappa shape index (κ3) is 2.93. The Labute approximate surface area is 117 Å². The van der Waals surface area contributed by atoms with Crippen LogP contribution in [0, 0.1) is 6.92 Å². The highest BCUT2D eigenvalue weighted by atomic mass is 79.9. The lowest BCUT2D eigenvalue weighted by Crippen LogP contribution is -2.31. The molecule has 1 aromatic carbocycles. The van der Waals surface area contributed by atoms with E-state index < -0.39 is 10.0 Å². The zero-order valence-electron chi connectivity index (χ0n) is 10.8. The first-order valence-corrected chi connectivity index (χ1v) is 8.01. The van der Waals surface area contributed by atoms with E-state index in [0.29, 0.717) is 23.1 Å². The van der Waals surface area contributed by atoms with Crippen LogP contribution in [0.25, 0.3) is 0 Å². The van der Waals surface area contributed by atoms with Crippen LogP contribution < -0.4 is 0 Å². The van der Waals surface area contributed by atoms with E-state index in [0.717, 1.165) is 5.56 Å². The number of benzene rings is 1. The lowest BCUT2D eigenvalue weighted by molar-refractivity contribution is 0.281. The Hall–Kier alpha value is -0.430. The molecule has 0 bridgehead atoms. The van der Waals surface area contributed by atoms with Gasteiger partial charge in [-0.1, -0.05) is 19.9 Å². The standard InChI is InChI=1S/C12H18BrNO3S/c1-4-14(5-2)18(16,17)11-7-10(8-15)6-9(3)12(11)13/h6-7,15H,4-5,8H2,1-3H3. The van der Waals surface area contributed by atoms with Crippen LogP contribution in [0.2, 0.25) is 0 Å². The summed E-state index contributed by atoms with van der Waals surface area (Å²) in [6.45, 7) is 6.09. The maximum atomic E-state index is 12.4. The van der Waals surface area contributed by atoms with Crippen molar-refractivity contribution in [1.29, 1.82) is 0 Å². The van der Waals surface area contributed by atoms with Crippen LogP contribution in [-0.4, -0.2) is 30.9 Å². The molecule has 0 aliphatic heterocycles. The van der Waals surface area contributed by atoms with Crippen LogP contribution in [0.1, 0.15) is 25.0 Å². The van der Waals surface area contributed by atoms with E-state index in [4.69, 9.17) is 0 Å². The molecule has 1 N–H and O–H groups in total. The third-order valence-electron chi connectivity index (χ3n) is 2.79. The van der Waals surface area contributed by atoms with E-state index in [1.54, 1.807) is 19.9 Å². The number of rotatable bonds is 5. The van der Waals surface area contributed by atoms with Crippen molar-refractivity contribution >= 4 is 26.0 Å². The summed E-state index contributed by atoms with van der Waals surface area (Å²) in [6, 6.07) is 3.29. The number of halogens is 1. The zero-order chi connectivity index (χ0) is 13.9. The van der Waals surface area contributed by atoms with E-state index in [1.165, 1.54) is 10.4 Å². The summed E-state index contributed by atoms with van der Waals surface area (Å²) < 4.78 is 26.9. The van der Waals surface area contributed by atoms with Crippen molar-refractivity contribution in [3.05, 3.63) is 27.7 Å². The first-order valence-electron chi connectivity index (χ1n) is 5.78. The predicted octanol–water partition coefficient (Wildman–Crippen LogP) is 2.28. The Morgan fingerprint density at radius 2 is 1.83 bits per heavy atom. The normalized spacial score (nSPS) is 12.1. The van der Waals surface area contributed by atoms with E-state index >= 15 is 0 Å². The number of aliphatic hydroxyl groups is 1. The summed E-state index contributed by atoms with van der Waals surface area (Å²) in [6.07, 6.45) is 0. The number of aryl methyl sites for hydroxylation is 1. The molecule has 1 rings (SSSR count). The van der Waals surface area contributed by atoms with Gasteiger partial charge in [-0.25, -0.2) is 8.42 Å². The lowest BCUT2D eigenvalue weighted by Gasteiger charge is -2.20. The van der Waals surface area contributed by atoms with Gasteiger partial charge in [0.05, 0.1) is 11.5 Å². The highest BCUT2D eigenvalue weighted by Gasteiger charge is 2.25. The van der Waals surface area contributed by atoms with Gasteiger partial charge in [-0.3, -0.25) is 0 Å². The Balaban J connectivity index is 3.45. The summed E-state index contributed by atoms with van der Waals surface area (Å²) in [4.78, 5) is 0.218. The summed E-state index contributed by atoms with van der Waals surface area (Å²) in [5, 5.41) is 9.17. The molecule has 0 saturated carbocycles. The number of sulfonamides is 1. The Bertz CT molecular complexity index is 524. The molecule has 0 aliphatic carbocycles. The SMILES string of the molecule is CCN(CC)S(=O)(=O)c1cc(CO)cc(C)c1Br. The van der Waals surface area contributed by atoms with Gasteiger partial charge in [-0.15, -0.1) is 0 Å². The van der Waals surface area contributed by atoms with Gasteiger partial charge < -0.3 is 5.11 Å². The van der Waals surface area contributed by atoms with Gasteiger partial charge in [-0.05, 0) is 40.0 Å². The van der Waals surface area contributed by atoms with Crippen molar-refractivity contribution in [2.75, 3.05) is 13.1 Å². The number of hydrogen-bond acceptors (Lipinski definition) is 3. The Morgan fingerprint density at radius 3 is 2.28 bits per heavy atom. The maximum Gasteiger partial charge on any atom is 0.244 e. The molecule has 4 nitrogen and oxygen atoms in total. The van der Waals surface area contributed by atoms with Gasteiger partial charge in [-0.2, -0.15) is 4.31 Å². The van der Waals surface area contributed by atoms with Crippen LogP contribution in [0.15, 0.2) is 21.5 Å². The molecule has 0 heterocycles. The lowest BCUT2D eigenvalue weighted by atomic mass is 10.1. The van der Waals surface area contributed by atoms with Crippen LogP contribution in [-0.2, 0) is 16.6 Å². The fourth-order valence-corrected chi connectivity index (χ4v) is 4.28. The van der Waals surface area contributed by atoms with E-state index in [-0.39, 0.29) is 11.5 Å². The molecule has 0 radical (unpaired) electrons. The quantitative estimate of drug-likeness (QED) is 0.897. The molecule has 0 fully saturated rings. The number of aliphatic hydroxyl groups excluding tert-OH is 1. The maximum absolute atomic E-state index is 12.4. The van der Waals surface area contributed by atoms with Crippen molar-refractivity contribution in [3.8, 4) is 0 Å². The van der Waals surface area contributed by atoms with Crippen molar-refractivity contribution in [1.82, 2.24) is 4.31 Å².